The van der Waals surface area contributed by atoms with E-state index in [-0.39, 0.29) is 5.91 Å². The molecule has 0 atom stereocenters. The number of hydrogen-bond donors (Lipinski definition) is 1. The second-order valence-electron chi connectivity index (χ2n) is 4.50. The van der Waals surface area contributed by atoms with Gasteiger partial charge in [-0.05, 0) is 25.0 Å². The number of nitrogens with one attached hydrogen (secondary N) is 1. The van der Waals surface area contributed by atoms with Crippen LogP contribution < -0.4 is 5.32 Å². The minimum atomic E-state index is -0.0448. The zero-order chi connectivity index (χ0) is 12.4. The van der Waals surface area contributed by atoms with Crippen LogP contribution in [-0.4, -0.2) is 10.9 Å². The molecule has 0 aliphatic heterocycles. The van der Waals surface area contributed by atoms with E-state index >= 15 is 0 Å². The van der Waals surface area contributed by atoms with Crippen molar-refractivity contribution in [1.82, 2.24) is 10.3 Å². The molecule has 3 rings (SSSR count). The van der Waals surface area contributed by atoms with Gasteiger partial charge in [-0.25, -0.2) is 4.98 Å². The molecular weight excluding hydrogens is 244 g/mol. The number of carbonyl (C=O) groups excluding carboxylic acids is 1. The Morgan fingerprint density at radius 2 is 2.11 bits per heavy atom. The first-order chi connectivity index (χ1) is 8.83. The molecule has 0 saturated heterocycles. The number of amides is 1. The summed E-state index contributed by atoms with van der Waals surface area (Å²) in [5.74, 6) is 0.644. The van der Waals surface area contributed by atoms with E-state index in [9.17, 15) is 4.79 Å². The van der Waals surface area contributed by atoms with Crippen molar-refractivity contribution >= 4 is 17.2 Å². The zero-order valence-corrected chi connectivity index (χ0v) is 10.7. The highest BCUT2D eigenvalue weighted by Crippen LogP contribution is 2.41. The van der Waals surface area contributed by atoms with Crippen molar-refractivity contribution in [3.8, 4) is 0 Å². The first-order valence-corrected chi connectivity index (χ1v) is 6.98. The Morgan fingerprint density at radius 1 is 1.33 bits per heavy atom. The van der Waals surface area contributed by atoms with Gasteiger partial charge in [-0.2, -0.15) is 0 Å². The summed E-state index contributed by atoms with van der Waals surface area (Å²) in [6, 6.07) is 9.25. The van der Waals surface area contributed by atoms with Gasteiger partial charge in [0.2, 0.25) is 0 Å². The normalized spacial score (nSPS) is 14.4. The number of rotatable bonds is 4. The van der Waals surface area contributed by atoms with Crippen LogP contribution in [0.4, 0.5) is 0 Å². The van der Waals surface area contributed by atoms with E-state index in [1.807, 2.05) is 35.7 Å². The fraction of sp³-hybridized carbons (Fsp3) is 0.286. The lowest BCUT2D eigenvalue weighted by Crippen LogP contribution is -2.22. The molecule has 1 heterocycles. The van der Waals surface area contributed by atoms with Gasteiger partial charge in [-0.1, -0.05) is 18.2 Å². The van der Waals surface area contributed by atoms with Crippen LogP contribution in [0.5, 0.6) is 0 Å². The van der Waals surface area contributed by atoms with E-state index in [1.54, 1.807) is 11.3 Å². The van der Waals surface area contributed by atoms with Crippen molar-refractivity contribution in [2.45, 2.75) is 25.3 Å². The van der Waals surface area contributed by atoms with Crippen molar-refractivity contribution < 1.29 is 4.79 Å². The van der Waals surface area contributed by atoms with Gasteiger partial charge in [-0.15, -0.1) is 11.3 Å². The maximum absolute atomic E-state index is 11.8. The monoisotopic (exact) mass is 258 g/mol. The minimum Gasteiger partial charge on any atom is -0.346 e. The van der Waals surface area contributed by atoms with Crippen molar-refractivity contribution in [2.75, 3.05) is 0 Å². The second kappa shape index (κ2) is 4.90. The summed E-state index contributed by atoms with van der Waals surface area (Å²) in [5.41, 5.74) is 1.65. The fourth-order valence-corrected chi connectivity index (χ4v) is 2.77. The Bertz CT molecular complexity index is 546. The third-order valence-corrected chi connectivity index (χ3v) is 4.02. The highest BCUT2D eigenvalue weighted by atomic mass is 32.1. The molecule has 18 heavy (non-hydrogen) atoms. The molecule has 0 spiro atoms. The zero-order valence-electron chi connectivity index (χ0n) is 9.93. The van der Waals surface area contributed by atoms with Gasteiger partial charge in [0.15, 0.2) is 0 Å². The minimum absolute atomic E-state index is 0.0448. The number of aromatic nitrogens is 1. The summed E-state index contributed by atoms with van der Waals surface area (Å²) in [7, 11) is 0. The van der Waals surface area contributed by atoms with E-state index in [0.29, 0.717) is 18.0 Å². The molecule has 1 saturated carbocycles. The van der Waals surface area contributed by atoms with Crippen molar-refractivity contribution in [3.05, 3.63) is 52.0 Å². The molecule has 4 heteroatoms. The molecule has 2 aromatic rings. The Labute approximate surface area is 110 Å². The number of benzene rings is 1. The Morgan fingerprint density at radius 3 is 2.83 bits per heavy atom. The smallest absolute Gasteiger partial charge is 0.251 e. The molecule has 1 amide bonds. The van der Waals surface area contributed by atoms with Crippen LogP contribution in [0.3, 0.4) is 0 Å². The van der Waals surface area contributed by atoms with Crippen LogP contribution in [0, 0.1) is 0 Å². The van der Waals surface area contributed by atoms with Crippen LogP contribution in [-0.2, 0) is 6.54 Å². The summed E-state index contributed by atoms with van der Waals surface area (Å²) >= 11 is 1.71. The highest BCUT2D eigenvalue weighted by Gasteiger charge is 2.26. The largest absolute Gasteiger partial charge is 0.346 e. The van der Waals surface area contributed by atoms with Gasteiger partial charge in [0.25, 0.3) is 5.91 Å². The van der Waals surface area contributed by atoms with E-state index in [4.69, 9.17) is 0 Å². The van der Waals surface area contributed by atoms with E-state index < -0.39 is 0 Å². The van der Waals surface area contributed by atoms with Crippen LogP contribution in [0.2, 0.25) is 0 Å². The van der Waals surface area contributed by atoms with Crippen LogP contribution >= 0.6 is 11.3 Å². The topological polar surface area (TPSA) is 42.0 Å². The summed E-state index contributed by atoms with van der Waals surface area (Å²) in [6.45, 7) is 0.511. The molecule has 1 N–H and O–H groups in total. The summed E-state index contributed by atoms with van der Waals surface area (Å²) in [6.07, 6.45) is 2.53. The van der Waals surface area contributed by atoms with E-state index in [2.05, 4.69) is 10.3 Å². The number of carbonyl (C=O) groups is 1. The first kappa shape index (κ1) is 11.4. The van der Waals surface area contributed by atoms with Crippen LogP contribution in [0.25, 0.3) is 0 Å². The molecular formula is C14H14N2OS. The molecule has 1 aromatic carbocycles. The fourth-order valence-electron chi connectivity index (χ4n) is 1.78. The lowest BCUT2D eigenvalue weighted by atomic mass is 10.2. The molecule has 0 unspecified atom stereocenters. The average molecular weight is 258 g/mol. The van der Waals surface area contributed by atoms with Gasteiger partial charge in [0, 0.05) is 16.9 Å². The van der Waals surface area contributed by atoms with Gasteiger partial charge < -0.3 is 5.32 Å². The van der Waals surface area contributed by atoms with E-state index in [1.165, 1.54) is 17.8 Å². The summed E-state index contributed by atoms with van der Waals surface area (Å²) in [4.78, 5) is 16.4. The third kappa shape index (κ3) is 2.59. The third-order valence-electron chi connectivity index (χ3n) is 2.96. The lowest BCUT2D eigenvalue weighted by molar-refractivity contribution is 0.0950. The van der Waals surface area contributed by atoms with Gasteiger partial charge in [0.1, 0.15) is 0 Å². The molecule has 0 bridgehead atoms. The van der Waals surface area contributed by atoms with Gasteiger partial charge in [-0.3, -0.25) is 4.79 Å². The Hall–Kier alpha value is -1.68. The second-order valence-corrected chi connectivity index (χ2v) is 5.39. The van der Waals surface area contributed by atoms with Crippen molar-refractivity contribution in [1.29, 1.82) is 0 Å². The maximum atomic E-state index is 11.8. The predicted octanol–water partition coefficient (Wildman–Crippen LogP) is 2.95. The lowest BCUT2D eigenvalue weighted by Gasteiger charge is -2.02. The quantitative estimate of drug-likeness (QED) is 0.916. The van der Waals surface area contributed by atoms with E-state index in [0.717, 1.165) is 5.69 Å². The first-order valence-electron chi connectivity index (χ1n) is 6.10. The number of nitrogens with zero attached hydrogens (tertiary/aromatic N) is 1. The Balaban J connectivity index is 1.58. The molecule has 1 aliphatic carbocycles. The molecule has 1 aliphatic rings. The number of thiazole rings is 1. The van der Waals surface area contributed by atoms with Gasteiger partial charge in [0.05, 0.1) is 17.2 Å². The Kier molecular flexibility index (Phi) is 3.11. The molecule has 1 fully saturated rings. The van der Waals surface area contributed by atoms with Crippen LogP contribution in [0.15, 0.2) is 35.7 Å². The average Bonchev–Trinajstić information content (AvgIpc) is 3.16. The SMILES string of the molecule is O=C(NCc1csc(C2CC2)n1)c1ccccc1. The summed E-state index contributed by atoms with van der Waals surface area (Å²) in [5, 5.41) is 6.15. The predicted molar refractivity (Wildman–Crippen MR) is 71.7 cm³/mol. The van der Waals surface area contributed by atoms with Gasteiger partial charge >= 0.3 is 0 Å². The molecule has 92 valence electrons. The van der Waals surface area contributed by atoms with Crippen molar-refractivity contribution in [3.63, 3.8) is 0 Å². The van der Waals surface area contributed by atoms with Crippen molar-refractivity contribution in [2.24, 2.45) is 0 Å². The number of hydrogen-bond acceptors (Lipinski definition) is 3. The molecule has 1 aromatic heterocycles. The van der Waals surface area contributed by atoms with Crippen LogP contribution in [0.1, 0.15) is 39.8 Å². The molecule has 0 radical (unpaired) electrons. The standard InChI is InChI=1S/C14H14N2OS/c17-13(10-4-2-1-3-5-10)15-8-12-9-18-14(16-12)11-6-7-11/h1-5,9,11H,6-8H2,(H,15,17). The maximum Gasteiger partial charge on any atom is 0.251 e. The molecule has 3 nitrogen and oxygen atoms in total. The highest BCUT2D eigenvalue weighted by molar-refractivity contribution is 7.09. The summed E-state index contributed by atoms with van der Waals surface area (Å²) < 4.78 is 0.